The van der Waals surface area contributed by atoms with Gasteiger partial charge < -0.3 is 5.32 Å². The summed E-state index contributed by atoms with van der Waals surface area (Å²) in [6.45, 7) is 0. The molecular weight excluding hydrogens is 359 g/mol. The summed E-state index contributed by atoms with van der Waals surface area (Å²) in [6.07, 6.45) is 2.89. The van der Waals surface area contributed by atoms with E-state index < -0.39 is 15.0 Å². The second-order valence-electron chi connectivity index (χ2n) is 3.90. The van der Waals surface area contributed by atoms with Gasteiger partial charge in [0.15, 0.2) is 0 Å². The van der Waals surface area contributed by atoms with Gasteiger partial charge in [-0.1, -0.05) is 23.2 Å². The Labute approximate surface area is 135 Å². The molecule has 0 saturated carbocycles. The summed E-state index contributed by atoms with van der Waals surface area (Å²) in [6, 6.07) is 5.37. The second kappa shape index (κ2) is 6.19. The lowest BCUT2D eigenvalue weighted by molar-refractivity contribution is 0.102. The lowest BCUT2D eigenvalue weighted by atomic mass is 10.2. The van der Waals surface area contributed by atoms with Crippen LogP contribution >= 0.6 is 33.9 Å². The summed E-state index contributed by atoms with van der Waals surface area (Å²) >= 11 is 11.9. The summed E-state index contributed by atoms with van der Waals surface area (Å²) in [5, 5.41) is 2.41. The molecule has 0 radical (unpaired) electrons. The highest BCUT2D eigenvalue weighted by atomic mass is 35.7. The molecule has 1 amide bonds. The average Bonchev–Trinajstić information content (AvgIpc) is 2.42. The zero-order chi connectivity index (χ0) is 15.6. The number of pyridine rings is 1. The number of benzene rings is 1. The van der Waals surface area contributed by atoms with Crippen LogP contribution in [0.1, 0.15) is 10.4 Å². The Morgan fingerprint density at radius 2 is 1.81 bits per heavy atom. The van der Waals surface area contributed by atoms with Gasteiger partial charge in [0.1, 0.15) is 0 Å². The number of nitrogens with zero attached hydrogens (tertiary/aromatic N) is 1. The number of hydrogen-bond acceptors (Lipinski definition) is 4. The number of nitrogens with one attached hydrogen (secondary N) is 1. The Bertz CT molecular complexity index is 772. The first-order valence-electron chi connectivity index (χ1n) is 5.44. The fourth-order valence-corrected chi connectivity index (χ4v) is 2.99. The summed E-state index contributed by atoms with van der Waals surface area (Å²) in [5.74, 6) is -0.478. The highest BCUT2D eigenvalue weighted by molar-refractivity contribution is 8.13. The van der Waals surface area contributed by atoms with Crippen molar-refractivity contribution in [3.63, 3.8) is 0 Å². The predicted molar refractivity (Wildman–Crippen MR) is 81.7 cm³/mol. The van der Waals surface area contributed by atoms with Crippen molar-refractivity contribution >= 4 is 54.5 Å². The number of carbonyl (C=O) groups excluding carboxylic acids is 1. The summed E-state index contributed by atoms with van der Waals surface area (Å²) in [5.41, 5.74) is 0.398. The average molecular weight is 366 g/mol. The number of halogens is 3. The van der Waals surface area contributed by atoms with E-state index in [1.807, 2.05) is 0 Å². The van der Waals surface area contributed by atoms with Crippen molar-refractivity contribution in [2.45, 2.75) is 4.90 Å². The Kier molecular flexibility index (Phi) is 4.73. The largest absolute Gasteiger partial charge is 0.319 e. The van der Waals surface area contributed by atoms with E-state index in [1.54, 1.807) is 12.1 Å². The van der Waals surface area contributed by atoms with E-state index >= 15 is 0 Å². The smallest absolute Gasteiger partial charge is 0.261 e. The highest BCUT2D eigenvalue weighted by Gasteiger charge is 2.18. The molecule has 0 unspecified atom stereocenters. The van der Waals surface area contributed by atoms with Gasteiger partial charge in [0.25, 0.3) is 15.0 Å². The van der Waals surface area contributed by atoms with Gasteiger partial charge in [-0.15, -0.1) is 0 Å². The molecule has 1 aromatic heterocycles. The molecule has 21 heavy (non-hydrogen) atoms. The van der Waals surface area contributed by atoms with Crippen LogP contribution in [0.3, 0.4) is 0 Å². The number of amides is 1. The zero-order valence-electron chi connectivity index (χ0n) is 10.2. The molecule has 0 aliphatic rings. The maximum Gasteiger partial charge on any atom is 0.261 e. The van der Waals surface area contributed by atoms with Gasteiger partial charge in [0.05, 0.1) is 26.2 Å². The van der Waals surface area contributed by atoms with Crippen molar-refractivity contribution in [3.8, 4) is 0 Å². The molecule has 0 saturated heterocycles. The molecule has 0 spiro atoms. The van der Waals surface area contributed by atoms with E-state index in [1.165, 1.54) is 12.4 Å². The van der Waals surface area contributed by atoms with Crippen LogP contribution in [-0.4, -0.2) is 19.3 Å². The molecule has 0 bridgehead atoms. The standard InChI is InChI=1S/C12H7Cl3N2O3S/c13-9-4-8(21(15,19)20)5-10(14)11(9)17-12(18)7-2-1-3-16-6-7/h1-6H,(H,17,18). The van der Waals surface area contributed by atoms with Crippen molar-refractivity contribution < 1.29 is 13.2 Å². The minimum absolute atomic E-state index is 0.0426. The fourth-order valence-electron chi connectivity index (χ4n) is 1.49. The third kappa shape index (κ3) is 3.85. The maximum atomic E-state index is 12.0. The Morgan fingerprint density at radius 3 is 2.29 bits per heavy atom. The van der Waals surface area contributed by atoms with Crippen LogP contribution in [0.25, 0.3) is 0 Å². The third-order valence-corrected chi connectivity index (χ3v) is 4.39. The molecule has 110 valence electrons. The second-order valence-corrected chi connectivity index (χ2v) is 7.28. The molecule has 2 rings (SSSR count). The SMILES string of the molecule is O=C(Nc1c(Cl)cc(S(=O)(=O)Cl)cc1Cl)c1cccnc1. The van der Waals surface area contributed by atoms with Gasteiger partial charge >= 0.3 is 0 Å². The zero-order valence-corrected chi connectivity index (χ0v) is 13.3. The van der Waals surface area contributed by atoms with E-state index in [-0.39, 0.29) is 20.6 Å². The Morgan fingerprint density at radius 1 is 1.19 bits per heavy atom. The number of rotatable bonds is 3. The van der Waals surface area contributed by atoms with E-state index in [0.29, 0.717) is 5.56 Å². The van der Waals surface area contributed by atoms with Gasteiger partial charge in [-0.05, 0) is 24.3 Å². The van der Waals surface area contributed by atoms with Crippen LogP contribution in [0.5, 0.6) is 0 Å². The molecule has 1 N–H and O–H groups in total. The number of hydrogen-bond donors (Lipinski definition) is 1. The monoisotopic (exact) mass is 364 g/mol. The van der Waals surface area contributed by atoms with Gasteiger partial charge in [-0.25, -0.2) is 8.42 Å². The highest BCUT2D eigenvalue weighted by Crippen LogP contribution is 2.34. The quantitative estimate of drug-likeness (QED) is 0.844. The van der Waals surface area contributed by atoms with Crippen molar-refractivity contribution in [2.24, 2.45) is 0 Å². The molecular formula is C12H7Cl3N2O3S. The van der Waals surface area contributed by atoms with Crippen LogP contribution in [0.4, 0.5) is 5.69 Å². The first kappa shape index (κ1) is 16.0. The van der Waals surface area contributed by atoms with Gasteiger partial charge in [0.2, 0.25) is 0 Å². The molecule has 5 nitrogen and oxygen atoms in total. The molecule has 1 heterocycles. The number of carbonyl (C=O) groups is 1. The van der Waals surface area contributed by atoms with Gasteiger partial charge in [0, 0.05) is 23.1 Å². The van der Waals surface area contributed by atoms with E-state index in [2.05, 4.69) is 10.3 Å². The molecule has 0 aliphatic carbocycles. The van der Waals surface area contributed by atoms with E-state index in [4.69, 9.17) is 33.9 Å². The van der Waals surface area contributed by atoms with Crippen molar-refractivity contribution in [2.75, 3.05) is 5.32 Å². The third-order valence-electron chi connectivity index (χ3n) is 2.46. The summed E-state index contributed by atoms with van der Waals surface area (Å²) < 4.78 is 22.5. The molecule has 0 atom stereocenters. The lowest BCUT2D eigenvalue weighted by Gasteiger charge is -2.10. The lowest BCUT2D eigenvalue weighted by Crippen LogP contribution is -2.13. The molecule has 2 aromatic rings. The number of aromatic nitrogens is 1. The van der Waals surface area contributed by atoms with Crippen LogP contribution in [0, 0.1) is 0 Å². The predicted octanol–water partition coefficient (Wildman–Crippen LogP) is 3.57. The van der Waals surface area contributed by atoms with Crippen molar-refractivity contribution in [1.82, 2.24) is 4.98 Å². The van der Waals surface area contributed by atoms with Crippen molar-refractivity contribution in [3.05, 3.63) is 52.3 Å². The van der Waals surface area contributed by atoms with Crippen molar-refractivity contribution in [1.29, 1.82) is 0 Å². The Hall–Kier alpha value is -1.34. The first-order chi connectivity index (χ1) is 9.79. The molecule has 0 aliphatic heterocycles. The van der Waals surface area contributed by atoms with E-state index in [9.17, 15) is 13.2 Å². The molecule has 9 heteroatoms. The van der Waals surface area contributed by atoms with Crippen LogP contribution in [-0.2, 0) is 9.05 Å². The normalized spacial score (nSPS) is 11.2. The van der Waals surface area contributed by atoms with Gasteiger partial charge in [-0.2, -0.15) is 0 Å². The van der Waals surface area contributed by atoms with E-state index in [0.717, 1.165) is 12.1 Å². The topological polar surface area (TPSA) is 76.1 Å². The summed E-state index contributed by atoms with van der Waals surface area (Å²) in [4.78, 5) is 15.6. The van der Waals surface area contributed by atoms with Crippen LogP contribution < -0.4 is 5.32 Å². The minimum Gasteiger partial charge on any atom is -0.319 e. The van der Waals surface area contributed by atoms with Gasteiger partial charge in [-0.3, -0.25) is 9.78 Å². The first-order valence-corrected chi connectivity index (χ1v) is 8.50. The summed E-state index contributed by atoms with van der Waals surface area (Å²) in [7, 11) is 1.25. The minimum atomic E-state index is -3.96. The van der Waals surface area contributed by atoms with Crippen LogP contribution in [0.2, 0.25) is 10.0 Å². The molecule has 1 aromatic carbocycles. The maximum absolute atomic E-state index is 12.0. The number of anilines is 1. The van der Waals surface area contributed by atoms with Crippen LogP contribution in [0.15, 0.2) is 41.6 Å². The molecule has 0 fully saturated rings. The fraction of sp³-hybridized carbons (Fsp3) is 0. The Balaban J connectivity index is 2.36.